The predicted octanol–water partition coefficient (Wildman–Crippen LogP) is 4.36. The second-order valence-corrected chi connectivity index (χ2v) is 6.18. The Labute approximate surface area is 123 Å². The highest BCUT2D eigenvalue weighted by molar-refractivity contribution is 5.30. The van der Waals surface area contributed by atoms with Crippen molar-refractivity contribution in [3.63, 3.8) is 0 Å². The molecule has 0 aliphatic heterocycles. The molecule has 1 aliphatic rings. The fraction of sp³-hybridized carbons (Fsp3) is 0.667. The minimum atomic E-state index is 0.584. The first-order chi connectivity index (χ1) is 9.79. The Bertz CT molecular complexity index is 385. The summed E-state index contributed by atoms with van der Waals surface area (Å²) >= 11 is 0. The molecule has 1 fully saturated rings. The predicted molar refractivity (Wildman–Crippen MR) is 85.5 cm³/mol. The smallest absolute Gasteiger partial charge is 0.119 e. The summed E-state index contributed by atoms with van der Waals surface area (Å²) in [7, 11) is 2.01. The molecule has 0 spiro atoms. The summed E-state index contributed by atoms with van der Waals surface area (Å²) in [6, 6.07) is 8.66. The number of benzene rings is 1. The number of hydrogen-bond donors (Lipinski definition) is 1. The highest BCUT2D eigenvalue weighted by Gasteiger charge is 2.14. The summed E-state index contributed by atoms with van der Waals surface area (Å²) in [5, 5.41) is 3.22. The molecule has 1 atom stereocenters. The third kappa shape index (κ3) is 4.82. The second kappa shape index (κ2) is 8.31. The lowest BCUT2D eigenvalue weighted by atomic mass is 9.90. The number of ether oxygens (including phenoxy) is 1. The van der Waals surface area contributed by atoms with E-state index in [1.54, 1.807) is 0 Å². The van der Waals surface area contributed by atoms with Crippen LogP contribution in [0.15, 0.2) is 24.3 Å². The van der Waals surface area contributed by atoms with Gasteiger partial charge in [-0.3, -0.25) is 0 Å². The van der Waals surface area contributed by atoms with Crippen LogP contribution in [0, 0.1) is 5.92 Å². The van der Waals surface area contributed by atoms with Gasteiger partial charge < -0.3 is 10.1 Å². The van der Waals surface area contributed by atoms with Gasteiger partial charge in [0.05, 0.1) is 6.61 Å². The van der Waals surface area contributed by atoms with E-state index in [1.807, 2.05) is 7.05 Å². The lowest BCUT2D eigenvalue weighted by molar-refractivity contribution is 0.208. The summed E-state index contributed by atoms with van der Waals surface area (Å²) < 4.78 is 6.03. The molecule has 0 aromatic heterocycles. The van der Waals surface area contributed by atoms with Crippen molar-refractivity contribution in [3.8, 4) is 5.75 Å². The maximum atomic E-state index is 6.03. The minimum absolute atomic E-state index is 0.584. The van der Waals surface area contributed by atoms with E-state index < -0.39 is 0 Å². The lowest BCUT2D eigenvalue weighted by Gasteiger charge is -2.22. The van der Waals surface area contributed by atoms with Crippen LogP contribution < -0.4 is 10.1 Å². The molecule has 1 unspecified atom stereocenters. The molecular weight excluding hydrogens is 246 g/mol. The van der Waals surface area contributed by atoms with Gasteiger partial charge in [-0.1, -0.05) is 38.3 Å². The molecule has 112 valence electrons. The Hall–Kier alpha value is -1.02. The van der Waals surface area contributed by atoms with Gasteiger partial charge in [-0.25, -0.2) is 0 Å². The Morgan fingerprint density at radius 2 is 2.05 bits per heavy atom. The van der Waals surface area contributed by atoms with Crippen LogP contribution in [0.1, 0.15) is 56.9 Å². The zero-order valence-corrected chi connectivity index (χ0v) is 13.0. The molecule has 0 saturated heterocycles. The molecule has 20 heavy (non-hydrogen) atoms. The van der Waals surface area contributed by atoms with Gasteiger partial charge in [-0.15, -0.1) is 0 Å². The van der Waals surface area contributed by atoms with Crippen LogP contribution in [0.2, 0.25) is 0 Å². The molecule has 1 aromatic carbocycles. The van der Waals surface area contributed by atoms with Gasteiger partial charge >= 0.3 is 0 Å². The van der Waals surface area contributed by atoms with Crippen LogP contribution in [-0.4, -0.2) is 20.2 Å². The SMILES string of the molecule is CNCCC(C)c1cccc(OCC2CCCCC2)c1. The van der Waals surface area contributed by atoms with Gasteiger partial charge in [0.1, 0.15) is 5.75 Å². The first-order valence-electron chi connectivity index (χ1n) is 8.17. The first-order valence-corrected chi connectivity index (χ1v) is 8.17. The quantitative estimate of drug-likeness (QED) is 0.798. The largest absolute Gasteiger partial charge is 0.493 e. The van der Waals surface area contributed by atoms with Gasteiger partial charge in [-0.2, -0.15) is 0 Å². The monoisotopic (exact) mass is 275 g/mol. The topological polar surface area (TPSA) is 21.3 Å². The highest BCUT2D eigenvalue weighted by Crippen LogP contribution is 2.26. The van der Waals surface area contributed by atoms with E-state index in [9.17, 15) is 0 Å². The molecule has 1 N–H and O–H groups in total. The van der Waals surface area contributed by atoms with E-state index >= 15 is 0 Å². The van der Waals surface area contributed by atoms with Crippen LogP contribution in [0.4, 0.5) is 0 Å². The molecule has 2 nitrogen and oxygen atoms in total. The molecule has 1 saturated carbocycles. The van der Waals surface area contributed by atoms with Crippen molar-refractivity contribution in [2.24, 2.45) is 5.92 Å². The summed E-state index contributed by atoms with van der Waals surface area (Å²) in [5.74, 6) is 2.40. The zero-order chi connectivity index (χ0) is 14.2. The maximum absolute atomic E-state index is 6.03. The van der Waals surface area contributed by atoms with Crippen molar-refractivity contribution in [1.29, 1.82) is 0 Å². The van der Waals surface area contributed by atoms with Crippen molar-refractivity contribution < 1.29 is 4.74 Å². The Morgan fingerprint density at radius 1 is 1.25 bits per heavy atom. The van der Waals surface area contributed by atoms with Gasteiger partial charge in [-0.05, 0) is 62.4 Å². The third-order valence-electron chi connectivity index (χ3n) is 4.46. The summed E-state index contributed by atoms with van der Waals surface area (Å²) in [5.41, 5.74) is 1.39. The van der Waals surface area contributed by atoms with Crippen molar-refractivity contribution in [3.05, 3.63) is 29.8 Å². The van der Waals surface area contributed by atoms with Crippen molar-refractivity contribution in [1.82, 2.24) is 5.32 Å². The van der Waals surface area contributed by atoms with E-state index in [4.69, 9.17) is 4.74 Å². The normalized spacial score (nSPS) is 17.9. The molecule has 0 heterocycles. The third-order valence-corrected chi connectivity index (χ3v) is 4.46. The van der Waals surface area contributed by atoms with Gasteiger partial charge in [0.2, 0.25) is 0 Å². The standard InChI is InChI=1S/C18H29NO/c1-15(11-12-19-2)17-9-6-10-18(13-17)20-14-16-7-4-3-5-8-16/h6,9-10,13,15-16,19H,3-5,7-8,11-12,14H2,1-2H3. The highest BCUT2D eigenvalue weighted by atomic mass is 16.5. The number of nitrogens with one attached hydrogen (secondary N) is 1. The fourth-order valence-electron chi connectivity index (χ4n) is 3.01. The molecule has 0 amide bonds. The van der Waals surface area contributed by atoms with Gasteiger partial charge in [0, 0.05) is 0 Å². The number of rotatable bonds is 7. The van der Waals surface area contributed by atoms with Crippen molar-refractivity contribution in [2.75, 3.05) is 20.2 Å². The first kappa shape index (κ1) is 15.4. The van der Waals surface area contributed by atoms with Crippen LogP contribution in [0.5, 0.6) is 5.75 Å². The Balaban J connectivity index is 1.85. The summed E-state index contributed by atoms with van der Waals surface area (Å²) in [6.45, 7) is 4.25. The molecule has 1 aliphatic carbocycles. The molecule has 0 radical (unpaired) electrons. The van der Waals surface area contributed by atoms with E-state index in [0.717, 1.165) is 24.8 Å². The molecule has 2 rings (SSSR count). The van der Waals surface area contributed by atoms with Gasteiger partial charge in [0.15, 0.2) is 0 Å². The Kier molecular flexibility index (Phi) is 6.38. The van der Waals surface area contributed by atoms with E-state index in [1.165, 1.54) is 44.1 Å². The molecule has 1 aromatic rings. The van der Waals surface area contributed by atoms with E-state index in [0.29, 0.717) is 5.92 Å². The molecular formula is C18H29NO. The van der Waals surface area contributed by atoms with E-state index in [2.05, 4.69) is 36.5 Å². The maximum Gasteiger partial charge on any atom is 0.119 e. The Morgan fingerprint density at radius 3 is 2.80 bits per heavy atom. The van der Waals surface area contributed by atoms with Crippen LogP contribution >= 0.6 is 0 Å². The summed E-state index contributed by atoms with van der Waals surface area (Å²) in [6.07, 6.45) is 8.04. The van der Waals surface area contributed by atoms with Crippen LogP contribution in [0.3, 0.4) is 0 Å². The van der Waals surface area contributed by atoms with Crippen LogP contribution in [-0.2, 0) is 0 Å². The van der Waals surface area contributed by atoms with E-state index in [-0.39, 0.29) is 0 Å². The van der Waals surface area contributed by atoms with Crippen LogP contribution in [0.25, 0.3) is 0 Å². The van der Waals surface area contributed by atoms with Crippen molar-refractivity contribution in [2.45, 2.75) is 51.4 Å². The lowest BCUT2D eigenvalue weighted by Crippen LogP contribution is -2.15. The fourth-order valence-corrected chi connectivity index (χ4v) is 3.01. The molecule has 2 heteroatoms. The second-order valence-electron chi connectivity index (χ2n) is 6.18. The van der Waals surface area contributed by atoms with Crippen molar-refractivity contribution >= 4 is 0 Å². The minimum Gasteiger partial charge on any atom is -0.493 e. The number of hydrogen-bond acceptors (Lipinski definition) is 2. The van der Waals surface area contributed by atoms with Gasteiger partial charge in [0.25, 0.3) is 0 Å². The average Bonchev–Trinajstić information content (AvgIpc) is 2.52. The average molecular weight is 275 g/mol. The molecule has 0 bridgehead atoms. The summed E-state index contributed by atoms with van der Waals surface area (Å²) in [4.78, 5) is 0. The zero-order valence-electron chi connectivity index (χ0n) is 13.0.